The molecule has 14 nitrogen and oxygen atoms in total. The number of carboxylic acids is 1. The highest BCUT2D eigenvalue weighted by Gasteiger charge is 2.11. The minimum absolute atomic E-state index is 0.0856. The lowest BCUT2D eigenvalue weighted by molar-refractivity contribution is -0.134. The number of aromatic nitrogens is 2. The molecule has 1 amide bonds. The first-order valence-electron chi connectivity index (χ1n) is 22.1. The number of nitrogens with zero attached hydrogens (tertiary/aromatic N) is 2. The standard InChI is InChI=1S/C12H12N2OS.C10H10N2S.2C9H10O.C8H9BO3.C2H4O2.C2H6.CH5BO2/c1-8-4-3-5-10(6-8)11-7-16-12(14-11)13-9(2)15;1-7-3-2-4-8(5-7)9-6-13-10(11)12-9;2*1-7-4-3-5-9(6-7)8(2)10;1-6(10)7-3-2-4-8(5-7)9(11)12;1-2(3)4;1-2;1-2(3)4/h3-7H,1-2H3,(H,13,14,15);2-6H,1H3,(H2,11,12);2*3-6H,1-2H3;2-5,11-12H,1H3;1H3,(H,3,4);1-2H3;3-4H,1H3. The van der Waals surface area contributed by atoms with Crippen LogP contribution in [-0.2, 0) is 9.59 Å². The van der Waals surface area contributed by atoms with E-state index in [1.807, 2.05) is 124 Å². The fraction of sp³-hybridized carbons (Fsp3) is 0.226. The molecule has 0 spiro atoms. The zero-order valence-corrected chi connectivity index (χ0v) is 44.1. The molecule has 18 heteroatoms. The van der Waals surface area contributed by atoms with Crippen molar-refractivity contribution in [2.75, 3.05) is 11.1 Å². The van der Waals surface area contributed by atoms with Gasteiger partial charge in [-0.1, -0.05) is 133 Å². The third kappa shape index (κ3) is 29.7. The first kappa shape index (κ1) is 64.1. The molecule has 7 rings (SSSR count). The second kappa shape index (κ2) is 35.2. The van der Waals surface area contributed by atoms with Gasteiger partial charge in [0.05, 0.1) is 11.4 Å². The molecule has 0 aliphatic carbocycles. The van der Waals surface area contributed by atoms with Crippen molar-refractivity contribution in [1.82, 2.24) is 9.97 Å². The normalized spacial score (nSPS) is 9.24. The van der Waals surface area contributed by atoms with E-state index in [2.05, 4.69) is 40.4 Å². The zero-order chi connectivity index (χ0) is 54.2. The van der Waals surface area contributed by atoms with Crippen molar-refractivity contribution in [3.05, 3.63) is 171 Å². The SMILES string of the molecule is CB(O)O.CC.CC(=O)Nc1nc(-c2cccc(C)c2)cs1.CC(=O)O.CC(=O)c1cccc(B(O)O)c1.CC(=O)c1cccc(C)c1.CC(=O)c1cccc(C)c1.Cc1cccc(-c2csc(N)n2)c1. The largest absolute Gasteiger partial charge is 0.488 e. The van der Waals surface area contributed by atoms with Crippen LogP contribution in [0.1, 0.15) is 102 Å². The van der Waals surface area contributed by atoms with Gasteiger partial charge in [0.15, 0.2) is 27.6 Å². The molecule has 0 bridgehead atoms. The number of carbonyl (C=O) groups excluding carboxylic acids is 4. The monoisotopic (exact) mass is 1000 g/mol. The number of nitrogens with one attached hydrogen (secondary N) is 1. The van der Waals surface area contributed by atoms with Crippen LogP contribution in [0.15, 0.2) is 132 Å². The van der Waals surface area contributed by atoms with Crippen LogP contribution in [0.5, 0.6) is 0 Å². The molecule has 5 aromatic carbocycles. The number of thiazole rings is 2. The van der Waals surface area contributed by atoms with Gasteiger partial charge in [0.25, 0.3) is 5.97 Å². The Bertz CT molecular complexity index is 2660. The van der Waals surface area contributed by atoms with Gasteiger partial charge in [0.1, 0.15) is 0 Å². The molecule has 2 heterocycles. The van der Waals surface area contributed by atoms with Crippen molar-refractivity contribution >= 4 is 81.9 Å². The van der Waals surface area contributed by atoms with Crippen LogP contribution in [0, 0.1) is 27.7 Å². The van der Waals surface area contributed by atoms with Gasteiger partial charge in [-0.2, -0.15) is 0 Å². The number of aryl methyl sites for hydroxylation is 4. The Morgan fingerprint density at radius 2 is 0.873 bits per heavy atom. The van der Waals surface area contributed by atoms with Gasteiger partial charge in [0, 0.05) is 52.4 Å². The Labute approximate surface area is 426 Å². The van der Waals surface area contributed by atoms with Crippen molar-refractivity contribution in [2.45, 2.75) is 83.0 Å². The van der Waals surface area contributed by atoms with E-state index in [0.29, 0.717) is 21.3 Å². The molecule has 8 N–H and O–H groups in total. The Balaban J connectivity index is 0.000000830. The second-order valence-electron chi connectivity index (χ2n) is 15.1. The number of rotatable bonds is 7. The first-order valence-corrected chi connectivity index (χ1v) is 23.9. The van der Waals surface area contributed by atoms with Gasteiger partial charge in [0.2, 0.25) is 5.91 Å². The summed E-state index contributed by atoms with van der Waals surface area (Å²) < 4.78 is 0. The summed E-state index contributed by atoms with van der Waals surface area (Å²) in [5.74, 6) is -0.755. The fourth-order valence-corrected chi connectivity index (χ4v) is 6.63. The van der Waals surface area contributed by atoms with E-state index in [-0.39, 0.29) is 23.3 Å². The molecule has 0 aliphatic heterocycles. The molecular formula is C53H66B2N4O10S2. The number of anilines is 2. The summed E-state index contributed by atoms with van der Waals surface area (Å²) in [5, 5.41) is 48.1. The second-order valence-corrected chi connectivity index (χ2v) is 16.8. The Kier molecular flexibility index (Phi) is 31.8. The third-order valence-electron chi connectivity index (χ3n) is 8.38. The van der Waals surface area contributed by atoms with Crippen LogP contribution in [0.4, 0.5) is 10.3 Å². The Morgan fingerprint density at radius 3 is 1.18 bits per heavy atom. The topological polar surface area (TPSA) is 250 Å². The van der Waals surface area contributed by atoms with Crippen molar-refractivity contribution in [3.63, 3.8) is 0 Å². The molecule has 0 radical (unpaired) electrons. The minimum Gasteiger partial charge on any atom is -0.481 e. The zero-order valence-electron chi connectivity index (χ0n) is 42.4. The van der Waals surface area contributed by atoms with Gasteiger partial charge in [-0.05, 0) is 85.0 Å². The average Bonchev–Trinajstić information content (AvgIpc) is 3.96. The van der Waals surface area contributed by atoms with E-state index in [4.69, 9.17) is 35.7 Å². The number of hydrogen-bond donors (Lipinski definition) is 7. The fourth-order valence-electron chi connectivity index (χ4n) is 5.29. The molecule has 0 atom stereocenters. The van der Waals surface area contributed by atoms with E-state index < -0.39 is 20.2 Å². The summed E-state index contributed by atoms with van der Waals surface area (Å²) in [4.78, 5) is 60.9. The van der Waals surface area contributed by atoms with E-state index in [1.54, 1.807) is 32.0 Å². The summed E-state index contributed by atoms with van der Waals surface area (Å²) in [6, 6.07) is 37.8. The summed E-state index contributed by atoms with van der Waals surface area (Å²) in [6.45, 7) is 20.5. The van der Waals surface area contributed by atoms with E-state index in [1.165, 1.54) is 60.5 Å². The summed E-state index contributed by atoms with van der Waals surface area (Å²) in [6.07, 6.45) is 0. The minimum atomic E-state index is -1.51. The van der Waals surface area contributed by atoms with Crippen molar-refractivity contribution in [2.24, 2.45) is 0 Å². The van der Waals surface area contributed by atoms with E-state index in [0.717, 1.165) is 51.7 Å². The summed E-state index contributed by atoms with van der Waals surface area (Å²) in [5.41, 5.74) is 16.7. The van der Waals surface area contributed by atoms with Crippen molar-refractivity contribution in [1.29, 1.82) is 0 Å². The number of carboxylic acid groups (broad SMARTS) is 1. The number of hydrogen-bond acceptors (Lipinski definition) is 14. The molecule has 71 heavy (non-hydrogen) atoms. The number of amides is 1. The smallest absolute Gasteiger partial charge is 0.481 e. The molecule has 376 valence electrons. The van der Waals surface area contributed by atoms with Gasteiger partial charge >= 0.3 is 14.2 Å². The molecular weight excluding hydrogens is 938 g/mol. The first-order chi connectivity index (χ1) is 33.4. The van der Waals surface area contributed by atoms with Crippen molar-refractivity contribution in [3.8, 4) is 22.5 Å². The molecule has 0 saturated carbocycles. The summed E-state index contributed by atoms with van der Waals surface area (Å²) in [7, 11) is -2.68. The number of nitrogen functional groups attached to an aromatic ring is 1. The maximum Gasteiger partial charge on any atom is 0.488 e. The van der Waals surface area contributed by atoms with Crippen molar-refractivity contribution < 1.29 is 49.2 Å². The highest BCUT2D eigenvalue weighted by Crippen LogP contribution is 2.26. The van der Waals surface area contributed by atoms with Crippen LogP contribution in [0.3, 0.4) is 0 Å². The molecule has 0 unspecified atom stereocenters. The van der Waals surface area contributed by atoms with Gasteiger partial charge < -0.3 is 36.3 Å². The van der Waals surface area contributed by atoms with Crippen LogP contribution in [-0.4, -0.2) is 78.6 Å². The van der Waals surface area contributed by atoms with Crippen LogP contribution >= 0.6 is 22.7 Å². The summed E-state index contributed by atoms with van der Waals surface area (Å²) >= 11 is 2.91. The van der Waals surface area contributed by atoms with E-state index >= 15 is 0 Å². The number of carbonyl (C=O) groups is 5. The van der Waals surface area contributed by atoms with Gasteiger partial charge in [-0.15, -0.1) is 22.7 Å². The molecule has 7 aromatic rings. The Hall–Kier alpha value is -6.92. The van der Waals surface area contributed by atoms with E-state index in [9.17, 15) is 19.2 Å². The third-order valence-corrected chi connectivity index (χ3v) is 9.81. The van der Waals surface area contributed by atoms with Crippen LogP contribution in [0.2, 0.25) is 6.82 Å². The highest BCUT2D eigenvalue weighted by atomic mass is 32.1. The van der Waals surface area contributed by atoms with Crippen LogP contribution in [0.25, 0.3) is 22.5 Å². The lowest BCUT2D eigenvalue weighted by atomic mass is 9.79. The lowest BCUT2D eigenvalue weighted by Gasteiger charge is -2.00. The molecule has 0 fully saturated rings. The Morgan fingerprint density at radius 1 is 0.535 bits per heavy atom. The number of ketones is 3. The predicted molar refractivity (Wildman–Crippen MR) is 293 cm³/mol. The highest BCUT2D eigenvalue weighted by molar-refractivity contribution is 7.14. The molecule has 2 aromatic heterocycles. The average molecular weight is 1000 g/mol. The van der Waals surface area contributed by atoms with Gasteiger partial charge in [-0.25, -0.2) is 9.97 Å². The maximum absolute atomic E-state index is 10.9. The maximum atomic E-state index is 10.9. The quantitative estimate of drug-likeness (QED) is 0.0581. The van der Waals surface area contributed by atoms with Gasteiger partial charge in [-0.3, -0.25) is 24.0 Å². The number of aliphatic carboxylic acids is 1. The predicted octanol–water partition coefficient (Wildman–Crippen LogP) is 9.95. The number of nitrogens with two attached hydrogens (primary N) is 1. The number of Topliss-reactive ketones (excluding diaryl/α,β-unsaturated/α-hetero) is 3. The van der Waals surface area contributed by atoms with Crippen LogP contribution < -0.4 is 16.5 Å². The number of benzene rings is 5. The lowest BCUT2D eigenvalue weighted by Crippen LogP contribution is -2.30. The molecule has 0 aliphatic rings. The molecule has 0 saturated heterocycles.